The average molecular weight is 847 g/mol. The van der Waals surface area contributed by atoms with Gasteiger partial charge in [0.25, 0.3) is 30.4 Å². The number of nitrogens with zero attached hydrogens (tertiary/aromatic N) is 6. The predicted octanol–water partition coefficient (Wildman–Crippen LogP) is 4.93. The molecular formula is C34H26N10O11S3. The number of rotatable bonds is 11. The summed E-state index contributed by atoms with van der Waals surface area (Å²) in [6.07, 6.45) is 3.08. The van der Waals surface area contributed by atoms with Gasteiger partial charge in [0.1, 0.15) is 26.9 Å². The third-order valence-corrected chi connectivity index (χ3v) is 10.5. The molecule has 24 heteroatoms. The number of azo groups is 2. The topological polar surface area (TPSA) is 348 Å². The van der Waals surface area contributed by atoms with Crippen molar-refractivity contribution in [2.75, 3.05) is 16.6 Å². The van der Waals surface area contributed by atoms with Gasteiger partial charge in [0.15, 0.2) is 5.71 Å². The molecule has 0 aromatic heterocycles. The molecule has 0 amide bonds. The first kappa shape index (κ1) is 40.6. The minimum atomic E-state index is -5.13. The van der Waals surface area contributed by atoms with Gasteiger partial charge in [-0.15, -0.1) is 10.2 Å². The van der Waals surface area contributed by atoms with Gasteiger partial charge in [0.2, 0.25) is 11.6 Å². The zero-order chi connectivity index (χ0) is 42.0. The van der Waals surface area contributed by atoms with E-state index >= 15 is 0 Å². The van der Waals surface area contributed by atoms with Gasteiger partial charge in [-0.3, -0.25) is 34.1 Å². The second-order valence-corrected chi connectivity index (χ2v) is 16.0. The lowest BCUT2D eigenvalue weighted by Crippen LogP contribution is -2.28. The lowest BCUT2D eigenvalue weighted by Gasteiger charge is -2.20. The normalized spacial score (nSPS) is 16.4. The van der Waals surface area contributed by atoms with Crippen molar-refractivity contribution < 1.29 is 48.5 Å². The number of carbonyl (C=O) groups excluding carboxylic acids is 2. The molecule has 0 spiro atoms. The average Bonchev–Trinajstić information content (AvgIpc) is 3.16. The molecule has 0 fully saturated rings. The summed E-state index contributed by atoms with van der Waals surface area (Å²) in [4.78, 5) is 24.0. The molecule has 0 aliphatic heterocycles. The van der Waals surface area contributed by atoms with Crippen LogP contribution in [0.2, 0.25) is 0 Å². The van der Waals surface area contributed by atoms with Crippen LogP contribution in [-0.4, -0.2) is 61.9 Å². The zero-order valence-electron chi connectivity index (χ0n) is 29.0. The number of Topliss-reactive ketones (excluding diaryl/α,β-unsaturated/α-hetero) is 1. The number of carbonyl (C=O) groups is 2. The number of para-hydroxylation sites is 1. The van der Waals surface area contributed by atoms with Gasteiger partial charge in [-0.25, -0.2) is 0 Å². The molecule has 4 aromatic rings. The maximum atomic E-state index is 13.7. The maximum absolute atomic E-state index is 13.7. The smallest absolute Gasteiger partial charge is 0.296 e. The van der Waals surface area contributed by atoms with Crippen molar-refractivity contribution in [2.45, 2.75) is 9.79 Å². The summed E-state index contributed by atoms with van der Waals surface area (Å²) in [5, 5.41) is 23.8. The van der Waals surface area contributed by atoms with Crippen LogP contribution in [0.25, 0.3) is 6.08 Å². The zero-order valence-corrected chi connectivity index (χ0v) is 31.4. The standard InChI is InChI=1S/C34H26N10O11S3/c35-24-16-27(45)26(17-25(24)41-37-22-10-12-23(13-11-22)56(47,48)49)42-38-20-6-8-21(9-7-20)40-43-32-28(57(50,51)52)14-18-15-29(58(53,54)55)33(34(46)30(18)31(32)36)44-39-19-4-2-1-3-5-19/h1-17,37,39H,35-36H2,(H,47,48,49)(H,50,51,52)(H,53,54,55). The van der Waals surface area contributed by atoms with E-state index in [1.165, 1.54) is 42.5 Å². The fourth-order valence-corrected chi connectivity index (χ4v) is 6.92. The number of allylic oxidation sites excluding steroid dienone is 3. The highest BCUT2D eigenvalue weighted by atomic mass is 32.2. The quantitative estimate of drug-likeness (QED) is 0.0346. The molecule has 2 aliphatic rings. The van der Waals surface area contributed by atoms with E-state index < -0.39 is 74.4 Å². The molecule has 21 nitrogen and oxygen atoms in total. The SMILES string of the molecule is NC1=CC(=O)C(N=Nc2ccc(N=Nc3c(S(=O)(=O)O)cc4c(c3N)C(=O)C(=NNc3ccccc3)C(S(=O)(=O)O)=C4)cc2)=CC1=NNc1ccc(S(=O)(=O)O)cc1. The lowest BCUT2D eigenvalue weighted by molar-refractivity contribution is -0.111. The lowest BCUT2D eigenvalue weighted by atomic mass is 9.92. The summed E-state index contributed by atoms with van der Waals surface area (Å²) in [6.45, 7) is 0. The Morgan fingerprint density at radius 3 is 1.78 bits per heavy atom. The van der Waals surface area contributed by atoms with Crippen molar-refractivity contribution in [3.8, 4) is 0 Å². The first-order valence-electron chi connectivity index (χ1n) is 15.9. The molecule has 0 saturated carbocycles. The molecule has 4 aromatic carbocycles. The van der Waals surface area contributed by atoms with Crippen LogP contribution in [0.15, 0.2) is 154 Å². The molecule has 9 N–H and O–H groups in total. The highest BCUT2D eigenvalue weighted by Gasteiger charge is 2.37. The molecule has 0 saturated heterocycles. The summed E-state index contributed by atoms with van der Waals surface area (Å²) in [5.41, 5.74) is 15.3. The summed E-state index contributed by atoms with van der Waals surface area (Å²) in [5.74, 6) is -1.72. The molecule has 58 heavy (non-hydrogen) atoms. The Morgan fingerprint density at radius 2 is 1.19 bits per heavy atom. The van der Waals surface area contributed by atoms with Crippen LogP contribution in [-0.2, 0) is 35.1 Å². The first-order valence-corrected chi connectivity index (χ1v) is 20.3. The Kier molecular flexibility index (Phi) is 11.1. The molecule has 0 radical (unpaired) electrons. The molecule has 6 rings (SSSR count). The molecular weight excluding hydrogens is 821 g/mol. The van der Waals surface area contributed by atoms with Crippen LogP contribution in [0.1, 0.15) is 15.9 Å². The van der Waals surface area contributed by atoms with E-state index in [1.807, 2.05) is 0 Å². The number of fused-ring (bicyclic) bond motifs is 1. The van der Waals surface area contributed by atoms with Crippen LogP contribution in [0.4, 0.5) is 34.1 Å². The van der Waals surface area contributed by atoms with E-state index in [9.17, 15) is 43.9 Å². The Labute approximate surface area is 328 Å². The molecule has 2 aliphatic carbocycles. The van der Waals surface area contributed by atoms with Gasteiger partial charge in [0, 0.05) is 6.08 Å². The van der Waals surface area contributed by atoms with Crippen molar-refractivity contribution in [3.05, 3.63) is 125 Å². The highest BCUT2D eigenvalue weighted by Crippen LogP contribution is 2.41. The van der Waals surface area contributed by atoms with E-state index in [0.29, 0.717) is 11.4 Å². The van der Waals surface area contributed by atoms with Crippen molar-refractivity contribution in [2.24, 2.45) is 36.4 Å². The Morgan fingerprint density at radius 1 is 0.603 bits per heavy atom. The van der Waals surface area contributed by atoms with Crippen molar-refractivity contribution >= 4 is 93.5 Å². The number of hydrogen-bond donors (Lipinski definition) is 7. The monoisotopic (exact) mass is 846 g/mol. The van der Waals surface area contributed by atoms with Crippen LogP contribution in [0.5, 0.6) is 0 Å². The number of ketones is 2. The molecule has 0 unspecified atom stereocenters. The Hall–Kier alpha value is -7.09. The summed E-state index contributed by atoms with van der Waals surface area (Å²) in [6, 6.07) is 19.3. The number of anilines is 3. The van der Waals surface area contributed by atoms with Gasteiger partial charge in [-0.1, -0.05) is 18.2 Å². The van der Waals surface area contributed by atoms with Gasteiger partial charge < -0.3 is 11.5 Å². The second-order valence-electron chi connectivity index (χ2n) is 11.8. The van der Waals surface area contributed by atoms with Crippen molar-refractivity contribution in [3.63, 3.8) is 0 Å². The highest BCUT2D eigenvalue weighted by molar-refractivity contribution is 7.91. The number of nitrogen functional groups attached to an aromatic ring is 1. The number of nitrogens with one attached hydrogen (secondary N) is 2. The number of benzene rings is 4. The van der Waals surface area contributed by atoms with Crippen LogP contribution >= 0.6 is 0 Å². The minimum Gasteiger partial charge on any atom is -0.397 e. The number of hydrogen-bond acceptors (Lipinski definition) is 18. The van der Waals surface area contributed by atoms with E-state index in [2.05, 4.69) is 41.5 Å². The number of nitrogens with two attached hydrogens (primary N) is 2. The van der Waals surface area contributed by atoms with Crippen LogP contribution in [0.3, 0.4) is 0 Å². The van der Waals surface area contributed by atoms with E-state index in [-0.39, 0.29) is 38.9 Å². The van der Waals surface area contributed by atoms with Crippen molar-refractivity contribution in [1.29, 1.82) is 0 Å². The summed E-state index contributed by atoms with van der Waals surface area (Å²) >= 11 is 0. The Balaban J connectivity index is 1.25. The fourth-order valence-electron chi connectivity index (χ4n) is 5.11. The van der Waals surface area contributed by atoms with E-state index in [1.54, 1.807) is 30.3 Å². The third-order valence-electron chi connectivity index (χ3n) is 7.88. The summed E-state index contributed by atoms with van der Waals surface area (Å²) < 4.78 is 101. The molecule has 0 atom stereocenters. The molecule has 0 bridgehead atoms. The van der Waals surface area contributed by atoms with Crippen molar-refractivity contribution in [1.82, 2.24) is 0 Å². The number of hydrazone groups is 2. The van der Waals surface area contributed by atoms with E-state index in [0.717, 1.165) is 30.4 Å². The molecule has 296 valence electrons. The van der Waals surface area contributed by atoms with Gasteiger partial charge in [-0.2, -0.15) is 45.7 Å². The van der Waals surface area contributed by atoms with Crippen LogP contribution < -0.4 is 22.3 Å². The van der Waals surface area contributed by atoms with E-state index in [4.69, 9.17) is 16.0 Å². The van der Waals surface area contributed by atoms with Crippen LogP contribution in [0, 0.1) is 0 Å². The predicted molar refractivity (Wildman–Crippen MR) is 210 cm³/mol. The van der Waals surface area contributed by atoms with Gasteiger partial charge in [0.05, 0.1) is 44.6 Å². The Bertz CT molecular complexity index is 2940. The second kappa shape index (κ2) is 15.8. The fraction of sp³-hybridized carbons (Fsp3) is 0. The maximum Gasteiger partial charge on any atom is 0.296 e. The summed E-state index contributed by atoms with van der Waals surface area (Å²) in [7, 11) is -14.6. The van der Waals surface area contributed by atoms with Gasteiger partial charge in [-0.05, 0) is 84.4 Å². The first-order chi connectivity index (χ1) is 27.3. The third kappa shape index (κ3) is 9.13. The van der Waals surface area contributed by atoms with Gasteiger partial charge >= 0.3 is 0 Å². The minimum absolute atomic E-state index is 0.00485. The molecule has 0 heterocycles. The largest absolute Gasteiger partial charge is 0.397 e.